The molecule has 0 aliphatic heterocycles. The monoisotopic (exact) mass is 261 g/mol. The molecule has 0 aliphatic carbocycles. The van der Waals surface area contributed by atoms with Crippen molar-refractivity contribution in [3.63, 3.8) is 0 Å². The Balaban J connectivity index is 2.39. The molecule has 0 amide bonds. The first-order chi connectivity index (χ1) is 9.02. The Morgan fingerprint density at radius 1 is 1.32 bits per heavy atom. The highest BCUT2D eigenvalue weighted by molar-refractivity contribution is 6.08. The minimum absolute atomic E-state index is 0.0144. The lowest BCUT2D eigenvalue weighted by Gasteiger charge is -2.01. The molecule has 2 rings (SSSR count). The lowest BCUT2D eigenvalue weighted by atomic mass is 10.1. The first-order valence-electron chi connectivity index (χ1n) is 5.91. The van der Waals surface area contributed by atoms with Crippen molar-refractivity contribution >= 4 is 22.7 Å². The summed E-state index contributed by atoms with van der Waals surface area (Å²) in [4.78, 5) is 22.5. The average Bonchev–Trinajstić information content (AvgIpc) is 2.73. The van der Waals surface area contributed by atoms with Gasteiger partial charge in [0.15, 0.2) is 5.78 Å². The van der Waals surface area contributed by atoms with Crippen LogP contribution in [0.5, 0.6) is 5.75 Å². The van der Waals surface area contributed by atoms with Crippen molar-refractivity contribution in [2.45, 2.75) is 12.8 Å². The molecule has 0 fully saturated rings. The van der Waals surface area contributed by atoms with E-state index in [4.69, 9.17) is 9.84 Å². The molecule has 19 heavy (non-hydrogen) atoms. The third-order valence-corrected chi connectivity index (χ3v) is 3.06. The molecule has 0 saturated heterocycles. The van der Waals surface area contributed by atoms with Crippen molar-refractivity contribution in [3.8, 4) is 5.75 Å². The predicted molar refractivity (Wildman–Crippen MR) is 70.7 cm³/mol. The van der Waals surface area contributed by atoms with Crippen LogP contribution in [0.3, 0.4) is 0 Å². The van der Waals surface area contributed by atoms with Gasteiger partial charge in [0.25, 0.3) is 0 Å². The van der Waals surface area contributed by atoms with E-state index < -0.39 is 5.97 Å². The number of aryl methyl sites for hydroxylation is 1. The average molecular weight is 261 g/mol. The van der Waals surface area contributed by atoms with Crippen molar-refractivity contribution in [2.75, 3.05) is 7.11 Å². The minimum atomic E-state index is -0.963. The number of ketones is 1. The summed E-state index contributed by atoms with van der Waals surface area (Å²) in [6, 6.07) is 5.46. The Hall–Kier alpha value is -2.30. The molecule has 0 atom stereocenters. The number of carboxylic acids is 1. The number of Topliss-reactive ketones (excluding diaryl/α,β-unsaturated/α-hetero) is 1. The first kappa shape index (κ1) is 13.1. The number of fused-ring (bicyclic) bond motifs is 1. The fourth-order valence-electron chi connectivity index (χ4n) is 2.07. The fraction of sp³-hybridized carbons (Fsp3) is 0.286. The molecule has 0 saturated carbocycles. The standard InChI is InChI=1S/C14H15NO4/c1-15-8-11(13(16)5-6-14(17)18)10-4-3-9(19-2)7-12(10)15/h3-4,7-8H,5-6H2,1-2H3,(H,17,18). The molecule has 0 aliphatic rings. The minimum Gasteiger partial charge on any atom is -0.497 e. The Morgan fingerprint density at radius 2 is 2.05 bits per heavy atom. The zero-order valence-electron chi connectivity index (χ0n) is 10.8. The van der Waals surface area contributed by atoms with E-state index in [0.29, 0.717) is 5.56 Å². The number of ether oxygens (including phenoxy) is 1. The number of aliphatic carboxylic acids is 1. The zero-order chi connectivity index (χ0) is 14.0. The Labute approximate surface area is 110 Å². The van der Waals surface area contributed by atoms with E-state index in [1.807, 2.05) is 23.7 Å². The summed E-state index contributed by atoms with van der Waals surface area (Å²) in [5, 5.41) is 9.44. The van der Waals surface area contributed by atoms with Crippen LogP contribution in [-0.2, 0) is 11.8 Å². The van der Waals surface area contributed by atoms with E-state index >= 15 is 0 Å². The Bertz CT molecular complexity index is 642. The molecule has 1 N–H and O–H groups in total. The number of benzene rings is 1. The number of aromatic nitrogens is 1. The molecular weight excluding hydrogens is 246 g/mol. The normalized spacial score (nSPS) is 10.6. The van der Waals surface area contributed by atoms with Crippen LogP contribution in [0.15, 0.2) is 24.4 Å². The van der Waals surface area contributed by atoms with Gasteiger partial charge in [-0.3, -0.25) is 9.59 Å². The van der Waals surface area contributed by atoms with Gasteiger partial charge >= 0.3 is 5.97 Å². The van der Waals surface area contributed by atoms with Gasteiger partial charge < -0.3 is 14.4 Å². The molecule has 0 radical (unpaired) electrons. The summed E-state index contributed by atoms with van der Waals surface area (Å²) in [5.41, 5.74) is 1.44. The number of carboxylic acid groups (broad SMARTS) is 1. The number of carbonyl (C=O) groups excluding carboxylic acids is 1. The molecule has 5 heteroatoms. The topological polar surface area (TPSA) is 68.5 Å². The third-order valence-electron chi connectivity index (χ3n) is 3.06. The van der Waals surface area contributed by atoms with Gasteiger partial charge in [0.05, 0.1) is 19.0 Å². The lowest BCUT2D eigenvalue weighted by Crippen LogP contribution is -2.03. The molecule has 0 spiro atoms. The Kier molecular flexibility index (Phi) is 3.55. The van der Waals surface area contributed by atoms with E-state index in [0.717, 1.165) is 16.7 Å². The van der Waals surface area contributed by atoms with E-state index in [-0.39, 0.29) is 18.6 Å². The summed E-state index contributed by atoms with van der Waals surface area (Å²) in [5.74, 6) is -0.397. The molecule has 1 heterocycles. The SMILES string of the molecule is COc1ccc2c(C(=O)CCC(=O)O)cn(C)c2c1. The van der Waals surface area contributed by atoms with Crippen molar-refractivity contribution in [3.05, 3.63) is 30.0 Å². The maximum absolute atomic E-state index is 12.0. The molecule has 1 aromatic heterocycles. The van der Waals surface area contributed by atoms with Gasteiger partial charge in [0, 0.05) is 36.7 Å². The second kappa shape index (κ2) is 5.14. The van der Waals surface area contributed by atoms with Crippen LogP contribution in [0.25, 0.3) is 10.9 Å². The molecular formula is C14H15NO4. The summed E-state index contributed by atoms with van der Waals surface area (Å²) in [7, 11) is 3.43. The smallest absolute Gasteiger partial charge is 0.303 e. The van der Waals surface area contributed by atoms with Crippen molar-refractivity contribution < 1.29 is 19.4 Å². The van der Waals surface area contributed by atoms with Gasteiger partial charge in [0.1, 0.15) is 5.75 Å². The molecule has 5 nitrogen and oxygen atoms in total. The maximum Gasteiger partial charge on any atom is 0.303 e. The number of hydrogen-bond donors (Lipinski definition) is 1. The van der Waals surface area contributed by atoms with Crippen LogP contribution in [0.2, 0.25) is 0 Å². The zero-order valence-corrected chi connectivity index (χ0v) is 10.8. The second-order valence-electron chi connectivity index (χ2n) is 4.35. The third kappa shape index (κ3) is 2.59. The van der Waals surface area contributed by atoms with Crippen LogP contribution in [0, 0.1) is 0 Å². The van der Waals surface area contributed by atoms with Crippen LogP contribution in [0.4, 0.5) is 0 Å². The molecule has 0 bridgehead atoms. The highest BCUT2D eigenvalue weighted by atomic mass is 16.5. The van der Waals surface area contributed by atoms with Gasteiger partial charge in [0.2, 0.25) is 0 Å². The van der Waals surface area contributed by atoms with Crippen molar-refractivity contribution in [2.24, 2.45) is 7.05 Å². The predicted octanol–water partition coefficient (Wildman–Crippen LogP) is 2.23. The first-order valence-corrected chi connectivity index (χ1v) is 5.91. The Morgan fingerprint density at radius 3 is 2.68 bits per heavy atom. The number of nitrogens with zero attached hydrogens (tertiary/aromatic N) is 1. The van der Waals surface area contributed by atoms with Crippen LogP contribution in [0.1, 0.15) is 23.2 Å². The van der Waals surface area contributed by atoms with Gasteiger partial charge in [-0.05, 0) is 12.1 Å². The van der Waals surface area contributed by atoms with Crippen LogP contribution >= 0.6 is 0 Å². The van der Waals surface area contributed by atoms with Crippen LogP contribution < -0.4 is 4.74 Å². The highest BCUT2D eigenvalue weighted by Crippen LogP contribution is 2.26. The largest absolute Gasteiger partial charge is 0.497 e. The number of rotatable bonds is 5. The van der Waals surface area contributed by atoms with E-state index in [1.54, 1.807) is 19.4 Å². The molecule has 1 aromatic carbocycles. The molecule has 0 unspecified atom stereocenters. The maximum atomic E-state index is 12.0. The van der Waals surface area contributed by atoms with Crippen molar-refractivity contribution in [1.82, 2.24) is 4.57 Å². The van der Waals surface area contributed by atoms with Crippen molar-refractivity contribution in [1.29, 1.82) is 0 Å². The van der Waals surface area contributed by atoms with Gasteiger partial charge in [-0.2, -0.15) is 0 Å². The summed E-state index contributed by atoms with van der Waals surface area (Å²) in [6.07, 6.45) is 1.60. The van der Waals surface area contributed by atoms with Gasteiger partial charge in [-0.15, -0.1) is 0 Å². The number of methoxy groups -OCH3 is 1. The summed E-state index contributed by atoms with van der Waals surface area (Å²) >= 11 is 0. The van der Waals surface area contributed by atoms with E-state index in [9.17, 15) is 9.59 Å². The highest BCUT2D eigenvalue weighted by Gasteiger charge is 2.15. The fourth-order valence-corrected chi connectivity index (χ4v) is 2.07. The molecule has 2 aromatic rings. The van der Waals surface area contributed by atoms with E-state index in [2.05, 4.69) is 0 Å². The summed E-state index contributed by atoms with van der Waals surface area (Å²) < 4.78 is 6.99. The van der Waals surface area contributed by atoms with Gasteiger partial charge in [-0.1, -0.05) is 0 Å². The summed E-state index contributed by atoms with van der Waals surface area (Å²) in [6.45, 7) is 0. The quantitative estimate of drug-likeness (QED) is 0.838. The lowest BCUT2D eigenvalue weighted by molar-refractivity contribution is -0.136. The van der Waals surface area contributed by atoms with E-state index in [1.165, 1.54) is 0 Å². The number of hydrogen-bond acceptors (Lipinski definition) is 3. The van der Waals surface area contributed by atoms with Gasteiger partial charge in [-0.25, -0.2) is 0 Å². The van der Waals surface area contributed by atoms with Crippen LogP contribution in [-0.4, -0.2) is 28.5 Å². The molecule has 100 valence electrons. The second-order valence-corrected chi connectivity index (χ2v) is 4.35. The number of carbonyl (C=O) groups is 2.